The third-order valence-electron chi connectivity index (χ3n) is 7.30. The van der Waals surface area contributed by atoms with E-state index >= 15 is 0 Å². The molecule has 2 fully saturated rings. The Balaban J connectivity index is 1.71. The van der Waals surface area contributed by atoms with Crippen LogP contribution in [0.4, 0.5) is 0 Å². The molecule has 1 aromatic carbocycles. The molecule has 166 valence electrons. The van der Waals surface area contributed by atoms with Crippen molar-refractivity contribution < 1.29 is 23.5 Å². The molecule has 0 radical (unpaired) electrons. The summed E-state index contributed by atoms with van der Waals surface area (Å²) in [6, 6.07) is 5.34. The summed E-state index contributed by atoms with van der Waals surface area (Å²) in [6.07, 6.45) is 1.03. The molecule has 2 aliphatic rings. The van der Waals surface area contributed by atoms with Crippen LogP contribution in [0.1, 0.15) is 58.6 Å². The van der Waals surface area contributed by atoms with Gasteiger partial charge in [-0.1, -0.05) is 27.7 Å². The van der Waals surface area contributed by atoms with Crippen molar-refractivity contribution in [3.05, 3.63) is 39.7 Å². The Bertz CT molecular complexity index is 1150. The van der Waals surface area contributed by atoms with Gasteiger partial charge < -0.3 is 13.9 Å². The van der Waals surface area contributed by atoms with E-state index in [4.69, 9.17) is 13.9 Å². The molecule has 6 nitrogen and oxygen atoms in total. The number of carbonyl (C=O) groups excluding carboxylic acids is 2. The van der Waals surface area contributed by atoms with Crippen LogP contribution in [0.2, 0.25) is 0 Å². The first-order valence-electron chi connectivity index (χ1n) is 10.6. The Kier molecular flexibility index (Phi) is 5.04. The average molecular weight is 445 g/mol. The molecular weight excluding hydrogens is 416 g/mol. The van der Waals surface area contributed by atoms with Crippen molar-refractivity contribution in [2.24, 2.45) is 10.8 Å². The first-order chi connectivity index (χ1) is 14.4. The van der Waals surface area contributed by atoms with Crippen molar-refractivity contribution in [3.8, 4) is 0 Å². The number of benzene rings is 1. The number of ether oxygens (including phenoxy) is 2. The van der Waals surface area contributed by atoms with Gasteiger partial charge in [-0.2, -0.15) is 0 Å². The summed E-state index contributed by atoms with van der Waals surface area (Å²) in [7, 11) is 0. The molecule has 1 aromatic heterocycles. The maximum Gasteiger partial charge on any atom is 0.351 e. The minimum Gasteiger partial charge on any atom is -0.458 e. The van der Waals surface area contributed by atoms with Crippen LogP contribution in [0.5, 0.6) is 0 Å². The lowest BCUT2D eigenvalue weighted by Gasteiger charge is -2.34. The molecule has 2 atom stereocenters. The van der Waals surface area contributed by atoms with E-state index in [0.29, 0.717) is 24.0 Å². The summed E-state index contributed by atoms with van der Waals surface area (Å²) >= 11 is 1.61. The van der Waals surface area contributed by atoms with Crippen molar-refractivity contribution in [1.29, 1.82) is 0 Å². The molecule has 0 amide bonds. The van der Waals surface area contributed by atoms with Gasteiger partial charge in [-0.15, -0.1) is 11.8 Å². The van der Waals surface area contributed by atoms with Crippen LogP contribution in [0.3, 0.4) is 0 Å². The second-order valence-corrected chi connectivity index (χ2v) is 11.2. The smallest absolute Gasteiger partial charge is 0.351 e. The second kappa shape index (κ2) is 7.12. The summed E-state index contributed by atoms with van der Waals surface area (Å²) in [5, 5.41) is 1.09. The molecular formula is C24H28O6S. The Morgan fingerprint density at radius 1 is 1.19 bits per heavy atom. The SMILES string of the molecule is Cc1cc(=O)oc2c(COC(=O)[C@@]34CC[C@@](C)(C(=O)O3)C4(C)C)c(SC(C)C)ccc12. The Labute approximate surface area is 185 Å². The fourth-order valence-electron chi connectivity index (χ4n) is 4.88. The molecule has 1 aliphatic heterocycles. The third-order valence-corrected chi connectivity index (χ3v) is 8.41. The van der Waals surface area contributed by atoms with Crippen molar-refractivity contribution in [2.45, 2.75) is 76.7 Å². The van der Waals surface area contributed by atoms with Crippen LogP contribution < -0.4 is 5.63 Å². The fourth-order valence-corrected chi connectivity index (χ4v) is 5.83. The van der Waals surface area contributed by atoms with Gasteiger partial charge in [0.15, 0.2) is 0 Å². The van der Waals surface area contributed by atoms with E-state index < -0.39 is 28.0 Å². The predicted molar refractivity (Wildman–Crippen MR) is 118 cm³/mol. The number of esters is 2. The normalized spacial score (nSPS) is 26.5. The van der Waals surface area contributed by atoms with E-state index in [2.05, 4.69) is 13.8 Å². The Hall–Kier alpha value is -2.28. The topological polar surface area (TPSA) is 82.8 Å². The molecule has 2 heterocycles. The first-order valence-corrected chi connectivity index (χ1v) is 11.4. The van der Waals surface area contributed by atoms with Gasteiger partial charge in [0.05, 0.1) is 5.41 Å². The van der Waals surface area contributed by atoms with Crippen LogP contribution >= 0.6 is 11.8 Å². The molecule has 1 saturated carbocycles. The number of carbonyl (C=O) groups is 2. The molecule has 1 saturated heterocycles. The van der Waals surface area contributed by atoms with Crippen LogP contribution in [0.15, 0.2) is 32.3 Å². The number of hydrogen-bond acceptors (Lipinski definition) is 7. The molecule has 4 rings (SSSR count). The highest BCUT2D eigenvalue weighted by atomic mass is 32.2. The molecule has 2 bridgehead atoms. The van der Waals surface area contributed by atoms with Gasteiger partial charge in [-0.05, 0) is 44.4 Å². The zero-order valence-corrected chi connectivity index (χ0v) is 19.6. The molecule has 0 N–H and O–H groups in total. The maximum atomic E-state index is 13.3. The van der Waals surface area contributed by atoms with E-state index in [9.17, 15) is 14.4 Å². The number of fused-ring (bicyclic) bond motifs is 3. The molecule has 7 heteroatoms. The molecule has 0 spiro atoms. The molecule has 2 aromatic rings. The van der Waals surface area contributed by atoms with Gasteiger partial charge in [-0.3, -0.25) is 4.79 Å². The summed E-state index contributed by atoms with van der Waals surface area (Å²) < 4.78 is 17.0. The van der Waals surface area contributed by atoms with Crippen molar-refractivity contribution in [1.82, 2.24) is 0 Å². The summed E-state index contributed by atoms with van der Waals surface area (Å²) in [5.41, 5.74) is -1.22. The minimum absolute atomic E-state index is 0.0658. The van der Waals surface area contributed by atoms with E-state index in [0.717, 1.165) is 15.8 Å². The lowest BCUT2D eigenvalue weighted by Crippen LogP contribution is -2.48. The van der Waals surface area contributed by atoms with E-state index in [1.165, 1.54) is 6.07 Å². The largest absolute Gasteiger partial charge is 0.458 e. The number of rotatable bonds is 5. The zero-order valence-electron chi connectivity index (χ0n) is 18.8. The quantitative estimate of drug-likeness (QED) is 0.373. The first kappa shape index (κ1) is 21.9. The fraction of sp³-hybridized carbons (Fsp3) is 0.542. The minimum atomic E-state index is -1.29. The number of thioether (sulfide) groups is 1. The van der Waals surface area contributed by atoms with Crippen LogP contribution in [-0.2, 0) is 25.7 Å². The highest BCUT2D eigenvalue weighted by Crippen LogP contribution is 2.65. The lowest BCUT2D eigenvalue weighted by molar-refractivity contribution is -0.184. The van der Waals surface area contributed by atoms with E-state index in [1.807, 2.05) is 39.8 Å². The Morgan fingerprint density at radius 3 is 2.48 bits per heavy atom. The van der Waals surface area contributed by atoms with E-state index in [-0.39, 0.29) is 17.8 Å². The predicted octanol–water partition coefficient (Wildman–Crippen LogP) is 4.77. The van der Waals surface area contributed by atoms with Gasteiger partial charge >= 0.3 is 17.6 Å². The second-order valence-electron chi connectivity index (χ2n) is 9.58. The highest BCUT2D eigenvalue weighted by Gasteiger charge is 2.76. The lowest BCUT2D eigenvalue weighted by atomic mass is 9.66. The van der Waals surface area contributed by atoms with Gasteiger partial charge in [-0.25, -0.2) is 9.59 Å². The molecule has 0 unspecified atom stereocenters. The number of aryl methyl sites for hydroxylation is 1. The van der Waals surface area contributed by atoms with Crippen molar-refractivity contribution in [2.75, 3.05) is 0 Å². The summed E-state index contributed by atoms with van der Waals surface area (Å²) in [6.45, 7) is 11.6. The van der Waals surface area contributed by atoms with Gasteiger partial charge in [0.25, 0.3) is 0 Å². The van der Waals surface area contributed by atoms with Crippen LogP contribution in [-0.4, -0.2) is 22.8 Å². The zero-order chi connectivity index (χ0) is 22.8. The Morgan fingerprint density at radius 2 is 1.90 bits per heavy atom. The monoisotopic (exact) mass is 444 g/mol. The highest BCUT2D eigenvalue weighted by molar-refractivity contribution is 8.00. The molecule has 31 heavy (non-hydrogen) atoms. The standard InChI is InChI=1S/C24H28O6S/c1-13(2)31-17-8-7-15-14(3)11-18(25)29-19(15)16(17)12-28-21(27)24-10-9-23(6,20(26)30-24)22(24,4)5/h7-8,11,13H,9-10,12H2,1-6H3/t23-,24+/m0/s1. The summed E-state index contributed by atoms with van der Waals surface area (Å²) in [5.74, 6) is -0.886. The van der Waals surface area contributed by atoms with Gasteiger partial charge in [0.2, 0.25) is 5.60 Å². The van der Waals surface area contributed by atoms with Crippen molar-refractivity contribution in [3.63, 3.8) is 0 Å². The van der Waals surface area contributed by atoms with Crippen LogP contribution in [0, 0.1) is 17.8 Å². The molecule has 1 aliphatic carbocycles. The number of hydrogen-bond donors (Lipinski definition) is 0. The van der Waals surface area contributed by atoms with Crippen molar-refractivity contribution >= 4 is 34.7 Å². The van der Waals surface area contributed by atoms with Gasteiger partial charge in [0.1, 0.15) is 12.2 Å². The van der Waals surface area contributed by atoms with E-state index in [1.54, 1.807) is 11.8 Å². The average Bonchev–Trinajstić information content (AvgIpc) is 2.96. The maximum absolute atomic E-state index is 13.3. The van der Waals surface area contributed by atoms with Gasteiger partial charge in [0, 0.05) is 32.6 Å². The van der Waals surface area contributed by atoms with Crippen LogP contribution in [0.25, 0.3) is 11.0 Å². The summed E-state index contributed by atoms with van der Waals surface area (Å²) in [4.78, 5) is 38.8. The third kappa shape index (κ3) is 3.04.